The van der Waals surface area contributed by atoms with E-state index < -0.39 is 5.60 Å². The molecule has 0 heterocycles. The van der Waals surface area contributed by atoms with Crippen molar-refractivity contribution in [2.45, 2.75) is 31.2 Å². The minimum absolute atomic E-state index is 0.294. The van der Waals surface area contributed by atoms with E-state index in [9.17, 15) is 5.11 Å². The Labute approximate surface area is 66.0 Å². The monoisotopic (exact) mass is 170 g/mol. The molecule has 2 unspecified atom stereocenters. The highest BCUT2D eigenvalue weighted by molar-refractivity contribution is 6.28. The molecule has 0 rings (SSSR count). The third-order valence-electron chi connectivity index (χ3n) is 1.53. The van der Waals surface area contributed by atoms with E-state index in [2.05, 4.69) is 0 Å². The molecule has 0 aromatic heterocycles. The Morgan fingerprint density at radius 2 is 2.11 bits per heavy atom. The van der Waals surface area contributed by atoms with E-state index in [1.807, 2.05) is 6.92 Å². The molecule has 9 heavy (non-hydrogen) atoms. The molecule has 0 aliphatic heterocycles. The van der Waals surface area contributed by atoms with Gasteiger partial charge in [-0.2, -0.15) is 0 Å². The summed E-state index contributed by atoms with van der Waals surface area (Å²) < 4.78 is 0. The molecule has 0 aliphatic carbocycles. The molecule has 1 N–H and O–H groups in total. The SMILES string of the molecule is CCC(C)(O)C(Cl)CCl. The Hall–Kier alpha value is 0.540. The van der Waals surface area contributed by atoms with Crippen LogP contribution in [0.1, 0.15) is 20.3 Å². The van der Waals surface area contributed by atoms with Crippen molar-refractivity contribution in [1.82, 2.24) is 0 Å². The zero-order chi connectivity index (χ0) is 7.49. The quantitative estimate of drug-likeness (QED) is 0.643. The maximum atomic E-state index is 9.38. The van der Waals surface area contributed by atoms with Crippen LogP contribution in [0.3, 0.4) is 0 Å². The van der Waals surface area contributed by atoms with E-state index in [0.29, 0.717) is 12.3 Å². The van der Waals surface area contributed by atoms with Gasteiger partial charge < -0.3 is 5.11 Å². The van der Waals surface area contributed by atoms with Crippen LogP contribution in [0.2, 0.25) is 0 Å². The number of alkyl halides is 2. The molecule has 0 saturated heterocycles. The molecule has 0 spiro atoms. The van der Waals surface area contributed by atoms with Gasteiger partial charge in [0.05, 0.1) is 11.0 Å². The third-order valence-corrected chi connectivity index (χ3v) is 2.62. The molecule has 1 nitrogen and oxygen atoms in total. The molecular formula is C6H12Cl2O. The van der Waals surface area contributed by atoms with E-state index >= 15 is 0 Å². The van der Waals surface area contributed by atoms with Crippen LogP contribution in [0, 0.1) is 0 Å². The largest absolute Gasteiger partial charge is 0.389 e. The molecule has 0 aromatic rings. The topological polar surface area (TPSA) is 20.2 Å². The summed E-state index contributed by atoms with van der Waals surface area (Å²) in [4.78, 5) is 0. The summed E-state index contributed by atoms with van der Waals surface area (Å²) in [7, 11) is 0. The summed E-state index contributed by atoms with van der Waals surface area (Å²) in [6.07, 6.45) is 0.633. The first-order valence-electron chi connectivity index (χ1n) is 2.97. The van der Waals surface area contributed by atoms with Gasteiger partial charge in [0.1, 0.15) is 0 Å². The third kappa shape index (κ3) is 2.74. The van der Waals surface area contributed by atoms with Gasteiger partial charge in [0.15, 0.2) is 0 Å². The Morgan fingerprint density at radius 3 is 2.22 bits per heavy atom. The van der Waals surface area contributed by atoms with Gasteiger partial charge in [0.2, 0.25) is 0 Å². The first-order chi connectivity index (χ1) is 4.04. The molecule has 0 bridgehead atoms. The average Bonchev–Trinajstić information content (AvgIpc) is 1.86. The first kappa shape index (κ1) is 9.54. The lowest BCUT2D eigenvalue weighted by molar-refractivity contribution is 0.0567. The standard InChI is InChI=1S/C6H12Cl2O/c1-3-6(2,9)5(8)4-7/h5,9H,3-4H2,1-2H3. The molecule has 0 amide bonds. The number of hydrogen-bond donors (Lipinski definition) is 1. The second kappa shape index (κ2) is 3.65. The predicted molar refractivity (Wildman–Crippen MR) is 41.3 cm³/mol. The summed E-state index contributed by atoms with van der Waals surface area (Å²) in [6.45, 7) is 3.56. The molecular weight excluding hydrogens is 159 g/mol. The van der Waals surface area contributed by atoms with Crippen LogP contribution in [0.15, 0.2) is 0 Å². The zero-order valence-electron chi connectivity index (χ0n) is 5.69. The molecule has 0 radical (unpaired) electrons. The Bertz CT molecular complexity index is 83.1. The van der Waals surface area contributed by atoms with Crippen molar-refractivity contribution in [2.24, 2.45) is 0 Å². The second-order valence-electron chi connectivity index (χ2n) is 2.33. The molecule has 0 fully saturated rings. The van der Waals surface area contributed by atoms with Crippen LogP contribution < -0.4 is 0 Å². The lowest BCUT2D eigenvalue weighted by Gasteiger charge is -2.25. The Morgan fingerprint density at radius 1 is 1.67 bits per heavy atom. The fourth-order valence-corrected chi connectivity index (χ4v) is 0.874. The summed E-state index contributed by atoms with van der Waals surface area (Å²) in [5, 5.41) is 9.03. The molecule has 56 valence electrons. The highest BCUT2D eigenvalue weighted by atomic mass is 35.5. The Kier molecular flexibility index (Phi) is 3.86. The maximum absolute atomic E-state index is 9.38. The zero-order valence-corrected chi connectivity index (χ0v) is 7.21. The second-order valence-corrected chi connectivity index (χ2v) is 3.17. The van der Waals surface area contributed by atoms with Crippen molar-refractivity contribution in [3.8, 4) is 0 Å². The van der Waals surface area contributed by atoms with Gasteiger partial charge in [-0.15, -0.1) is 23.2 Å². The van der Waals surface area contributed by atoms with E-state index in [4.69, 9.17) is 23.2 Å². The van der Waals surface area contributed by atoms with Gasteiger partial charge in [0.25, 0.3) is 0 Å². The fourth-order valence-electron chi connectivity index (χ4n) is 0.388. The predicted octanol–water partition coefficient (Wildman–Crippen LogP) is 1.99. The van der Waals surface area contributed by atoms with E-state index in [1.165, 1.54) is 0 Å². The lowest BCUT2D eigenvalue weighted by atomic mass is 10.0. The number of rotatable bonds is 3. The summed E-state index contributed by atoms with van der Waals surface area (Å²) in [6, 6.07) is 0. The first-order valence-corrected chi connectivity index (χ1v) is 3.94. The van der Waals surface area contributed by atoms with E-state index in [1.54, 1.807) is 6.92 Å². The van der Waals surface area contributed by atoms with Gasteiger partial charge >= 0.3 is 0 Å². The van der Waals surface area contributed by atoms with E-state index in [-0.39, 0.29) is 5.38 Å². The van der Waals surface area contributed by atoms with Crippen LogP contribution in [0.5, 0.6) is 0 Å². The molecule has 2 atom stereocenters. The average molecular weight is 171 g/mol. The smallest absolute Gasteiger partial charge is 0.0791 e. The van der Waals surface area contributed by atoms with Gasteiger partial charge in [-0.05, 0) is 13.3 Å². The van der Waals surface area contributed by atoms with Gasteiger partial charge in [-0.25, -0.2) is 0 Å². The molecule has 0 aromatic carbocycles. The lowest BCUT2D eigenvalue weighted by Crippen LogP contribution is -2.35. The van der Waals surface area contributed by atoms with Crippen LogP contribution in [0.4, 0.5) is 0 Å². The summed E-state index contributed by atoms with van der Waals surface area (Å²) >= 11 is 11.1. The van der Waals surface area contributed by atoms with Crippen LogP contribution >= 0.6 is 23.2 Å². The molecule has 0 aliphatic rings. The number of hydrogen-bond acceptors (Lipinski definition) is 1. The van der Waals surface area contributed by atoms with Crippen molar-refractivity contribution in [1.29, 1.82) is 0 Å². The van der Waals surface area contributed by atoms with Crippen molar-refractivity contribution in [3.63, 3.8) is 0 Å². The highest BCUT2D eigenvalue weighted by Gasteiger charge is 2.26. The number of aliphatic hydroxyl groups is 1. The van der Waals surface area contributed by atoms with Gasteiger partial charge in [0, 0.05) is 5.88 Å². The fraction of sp³-hybridized carbons (Fsp3) is 1.00. The minimum atomic E-state index is -0.816. The van der Waals surface area contributed by atoms with Gasteiger partial charge in [-0.3, -0.25) is 0 Å². The Balaban J connectivity index is 3.80. The van der Waals surface area contributed by atoms with Crippen LogP contribution in [-0.4, -0.2) is 22.0 Å². The van der Waals surface area contributed by atoms with Crippen LogP contribution in [0.25, 0.3) is 0 Å². The van der Waals surface area contributed by atoms with Crippen molar-refractivity contribution < 1.29 is 5.11 Å². The van der Waals surface area contributed by atoms with Gasteiger partial charge in [-0.1, -0.05) is 6.92 Å². The molecule has 3 heteroatoms. The summed E-state index contributed by atoms with van der Waals surface area (Å²) in [5.41, 5.74) is -0.816. The van der Waals surface area contributed by atoms with Crippen molar-refractivity contribution in [3.05, 3.63) is 0 Å². The molecule has 0 saturated carbocycles. The summed E-state index contributed by atoms with van der Waals surface area (Å²) in [5.74, 6) is 0.294. The van der Waals surface area contributed by atoms with Crippen LogP contribution in [-0.2, 0) is 0 Å². The maximum Gasteiger partial charge on any atom is 0.0791 e. The van der Waals surface area contributed by atoms with Crippen molar-refractivity contribution >= 4 is 23.2 Å². The van der Waals surface area contributed by atoms with Crippen molar-refractivity contribution in [2.75, 3.05) is 5.88 Å². The minimum Gasteiger partial charge on any atom is -0.389 e. The number of halogens is 2. The highest BCUT2D eigenvalue weighted by Crippen LogP contribution is 2.20. The van der Waals surface area contributed by atoms with E-state index in [0.717, 1.165) is 0 Å². The normalized spacial score (nSPS) is 21.0.